The average Bonchev–Trinajstić information content (AvgIpc) is 4.14. The number of nitrogens with zero attached hydrogens (tertiary/aromatic N) is 8. The van der Waals surface area contributed by atoms with Crippen LogP contribution in [0.4, 0.5) is 11.9 Å². The van der Waals surface area contributed by atoms with Gasteiger partial charge in [-0.15, -0.1) is 0 Å². The number of ether oxygens (including phenoxy) is 4. The third-order valence-electron chi connectivity index (χ3n) is 12.2. The van der Waals surface area contributed by atoms with Gasteiger partial charge in [-0.3, -0.25) is 9.13 Å². The normalized spacial score (nSPS) is 16.8. The predicted molar refractivity (Wildman–Crippen MR) is 246 cm³/mol. The van der Waals surface area contributed by atoms with Gasteiger partial charge in [-0.1, -0.05) is 31.4 Å². The van der Waals surface area contributed by atoms with Gasteiger partial charge in [-0.05, 0) is 130 Å². The van der Waals surface area contributed by atoms with Crippen LogP contribution in [0.25, 0.3) is 56.5 Å². The summed E-state index contributed by atoms with van der Waals surface area (Å²) in [5.74, 6) is 7.44. The van der Waals surface area contributed by atoms with Gasteiger partial charge in [0.15, 0.2) is 23.0 Å². The summed E-state index contributed by atoms with van der Waals surface area (Å²) in [6, 6.07) is 29.0. The first-order chi connectivity index (χ1) is 31.5. The Labute approximate surface area is 370 Å². The fourth-order valence-corrected chi connectivity index (χ4v) is 8.97. The van der Waals surface area contributed by atoms with Crippen molar-refractivity contribution in [2.75, 3.05) is 37.3 Å². The molecule has 1 saturated carbocycles. The Morgan fingerprint density at radius 2 is 1.05 bits per heavy atom. The maximum absolute atomic E-state index is 5.61. The van der Waals surface area contributed by atoms with Crippen molar-refractivity contribution in [1.82, 2.24) is 44.4 Å². The van der Waals surface area contributed by atoms with Crippen LogP contribution >= 0.6 is 0 Å². The number of fused-ring (bicyclic) bond motifs is 4. The van der Waals surface area contributed by atoms with Gasteiger partial charge in [-0.25, -0.2) is 19.9 Å². The van der Waals surface area contributed by atoms with E-state index in [4.69, 9.17) is 38.9 Å². The highest BCUT2D eigenvalue weighted by Gasteiger charge is 2.23. The Morgan fingerprint density at radius 1 is 0.531 bits per heavy atom. The van der Waals surface area contributed by atoms with Gasteiger partial charge in [0.05, 0.1) is 22.1 Å². The van der Waals surface area contributed by atoms with Crippen molar-refractivity contribution in [1.29, 1.82) is 0 Å². The quantitative estimate of drug-likeness (QED) is 0.133. The summed E-state index contributed by atoms with van der Waals surface area (Å²) >= 11 is 0. The number of imidazole rings is 2. The lowest BCUT2D eigenvalue weighted by Gasteiger charge is -2.23. The first-order valence-electron chi connectivity index (χ1n) is 22.2. The Morgan fingerprint density at radius 3 is 1.58 bits per heavy atom. The van der Waals surface area contributed by atoms with Crippen molar-refractivity contribution in [2.24, 2.45) is 0 Å². The first-order valence-corrected chi connectivity index (χ1v) is 22.2. The lowest BCUT2D eigenvalue weighted by Crippen LogP contribution is -2.38. The molecule has 15 heteroatoms. The SMILES string of the molecule is Cc1ccc2nc(-c3ccc4c(c3)OCO4)n(-c3ccnc(NC4CCCCC4)n3)c2c1.Cc1ccc2nc(-c3ccc4c(c3)OCO4)n(-c3ccnc(N[C@H]4CCCNC4)n3)c2c1. The second-order valence-corrected chi connectivity index (χ2v) is 16.8. The largest absolute Gasteiger partial charge is 0.454 e. The van der Waals surface area contributed by atoms with Gasteiger partial charge in [-0.2, -0.15) is 9.97 Å². The molecule has 15 nitrogen and oxygen atoms in total. The standard InChI is InChI=1S/C25H25N5O2.C24H24N6O2/c1-16-7-9-19-20(13-16)30(24(28-19)17-8-10-21-22(14-17)32-15-31-21)23-11-12-26-25(29-23)27-18-5-3-2-4-6-18;1-15-4-6-18-19(11-15)30(23(28-18)16-5-7-20-21(12-16)32-14-31-20)22-8-10-26-24(29-22)27-17-3-2-9-25-13-17/h7-14,18H,2-6,15H2,1H3,(H,26,27,29);4-8,10-12,17,25H,2-3,9,13-14H2,1H3,(H,26,27,29)/t;17-/m.0/s1. The zero-order valence-corrected chi connectivity index (χ0v) is 35.9. The number of rotatable bonds is 8. The molecule has 0 radical (unpaired) electrons. The minimum Gasteiger partial charge on any atom is -0.454 e. The van der Waals surface area contributed by atoms with E-state index in [9.17, 15) is 0 Å². The van der Waals surface area contributed by atoms with Crippen molar-refractivity contribution in [3.63, 3.8) is 0 Å². The summed E-state index contributed by atoms with van der Waals surface area (Å²) in [4.78, 5) is 28.6. The summed E-state index contributed by atoms with van der Waals surface area (Å²) in [6.07, 6.45) is 12.1. The first kappa shape index (κ1) is 39.6. The van der Waals surface area contributed by atoms with Gasteiger partial charge in [0, 0.05) is 42.1 Å². The van der Waals surface area contributed by atoms with E-state index in [1.54, 1.807) is 6.20 Å². The van der Waals surface area contributed by atoms with Crippen LogP contribution in [0.1, 0.15) is 56.1 Å². The molecule has 0 spiro atoms. The maximum atomic E-state index is 5.61. The Bertz CT molecular complexity index is 2790. The van der Waals surface area contributed by atoms with E-state index in [1.807, 2.05) is 60.8 Å². The molecule has 3 aliphatic heterocycles. The lowest BCUT2D eigenvalue weighted by molar-refractivity contribution is 0.173. The molecule has 1 atom stereocenters. The Kier molecular flexibility index (Phi) is 10.6. The summed E-state index contributed by atoms with van der Waals surface area (Å²) in [6.45, 7) is 6.65. The molecule has 4 aromatic heterocycles. The van der Waals surface area contributed by atoms with Gasteiger partial charge < -0.3 is 34.9 Å². The molecule has 0 amide bonds. The predicted octanol–water partition coefficient (Wildman–Crippen LogP) is 8.95. The van der Waals surface area contributed by atoms with Crippen LogP contribution in [0.5, 0.6) is 23.0 Å². The zero-order valence-electron chi connectivity index (χ0n) is 35.9. The number of nitrogens with one attached hydrogen (secondary N) is 3. The average molecular weight is 856 g/mol. The molecular weight excluding hydrogens is 807 g/mol. The number of hydrogen-bond acceptors (Lipinski definition) is 13. The minimum absolute atomic E-state index is 0.241. The number of piperidine rings is 1. The number of hydrogen-bond donors (Lipinski definition) is 3. The van der Waals surface area contributed by atoms with E-state index in [0.29, 0.717) is 24.0 Å². The second kappa shape index (κ2) is 17.1. The van der Waals surface area contributed by atoms with E-state index >= 15 is 0 Å². The molecule has 1 saturated heterocycles. The number of benzene rings is 4. The smallest absolute Gasteiger partial charge is 0.231 e. The van der Waals surface area contributed by atoms with E-state index in [-0.39, 0.29) is 13.6 Å². The third-order valence-corrected chi connectivity index (χ3v) is 12.2. The highest BCUT2D eigenvalue weighted by Crippen LogP contribution is 2.39. The van der Waals surface area contributed by atoms with Crippen molar-refractivity contribution >= 4 is 34.0 Å². The molecule has 4 aliphatic rings. The number of aryl methyl sites for hydroxylation is 2. The van der Waals surface area contributed by atoms with E-state index < -0.39 is 0 Å². The number of anilines is 2. The molecule has 4 aromatic carbocycles. The highest BCUT2D eigenvalue weighted by molar-refractivity contribution is 5.85. The van der Waals surface area contributed by atoms with Crippen molar-refractivity contribution in [3.05, 3.63) is 108 Å². The van der Waals surface area contributed by atoms with Crippen molar-refractivity contribution in [3.8, 4) is 57.4 Å². The topological polar surface area (TPSA) is 160 Å². The summed E-state index contributed by atoms with van der Waals surface area (Å²) in [5, 5.41) is 10.4. The minimum atomic E-state index is 0.241. The van der Waals surface area contributed by atoms with Crippen LogP contribution < -0.4 is 34.9 Å². The molecule has 1 aliphatic carbocycles. The molecule has 0 unspecified atom stereocenters. The van der Waals surface area contributed by atoms with Crippen LogP contribution in [0.3, 0.4) is 0 Å². The lowest BCUT2D eigenvalue weighted by atomic mass is 9.96. The molecule has 8 aromatic rings. The zero-order chi connectivity index (χ0) is 43.0. The fourth-order valence-electron chi connectivity index (χ4n) is 8.97. The third kappa shape index (κ3) is 7.98. The molecule has 3 N–H and O–H groups in total. The number of aromatic nitrogens is 8. The van der Waals surface area contributed by atoms with E-state index in [0.717, 1.165) is 111 Å². The van der Waals surface area contributed by atoms with Crippen LogP contribution in [0, 0.1) is 13.8 Å². The van der Waals surface area contributed by atoms with Crippen LogP contribution in [0.2, 0.25) is 0 Å². The van der Waals surface area contributed by atoms with Crippen molar-refractivity contribution < 1.29 is 18.9 Å². The Balaban J connectivity index is 0.000000143. The molecule has 2 fully saturated rings. The summed E-state index contributed by atoms with van der Waals surface area (Å²) < 4.78 is 26.4. The molecule has 324 valence electrons. The molecule has 12 rings (SSSR count). The monoisotopic (exact) mass is 855 g/mol. The summed E-state index contributed by atoms with van der Waals surface area (Å²) in [5.41, 5.74) is 8.07. The maximum Gasteiger partial charge on any atom is 0.231 e. The Hall–Kier alpha value is -7.26. The fraction of sp³-hybridized carbons (Fsp3) is 0.306. The molecular formula is C49H49N11O4. The van der Waals surface area contributed by atoms with Gasteiger partial charge >= 0.3 is 0 Å². The van der Waals surface area contributed by atoms with Gasteiger partial charge in [0.1, 0.15) is 23.3 Å². The molecule has 64 heavy (non-hydrogen) atoms. The van der Waals surface area contributed by atoms with Gasteiger partial charge in [0.25, 0.3) is 0 Å². The highest BCUT2D eigenvalue weighted by atomic mass is 16.7. The molecule has 7 heterocycles. The second-order valence-electron chi connectivity index (χ2n) is 16.8. The van der Waals surface area contributed by atoms with E-state index in [1.165, 1.54) is 37.7 Å². The van der Waals surface area contributed by atoms with Crippen LogP contribution in [-0.2, 0) is 0 Å². The van der Waals surface area contributed by atoms with Gasteiger partial charge in [0.2, 0.25) is 25.5 Å². The summed E-state index contributed by atoms with van der Waals surface area (Å²) in [7, 11) is 0. The molecule has 0 bridgehead atoms. The van der Waals surface area contributed by atoms with Crippen LogP contribution in [-0.4, -0.2) is 77.8 Å². The van der Waals surface area contributed by atoms with Crippen LogP contribution in [0.15, 0.2) is 97.3 Å². The van der Waals surface area contributed by atoms with Crippen molar-refractivity contribution in [2.45, 2.75) is 70.9 Å². The van der Waals surface area contributed by atoms with E-state index in [2.05, 4.69) is 79.2 Å².